The van der Waals surface area contributed by atoms with Gasteiger partial charge < -0.3 is 9.47 Å². The number of aryl methyl sites for hydroxylation is 1. The van der Waals surface area contributed by atoms with Crippen LogP contribution in [0.5, 0.6) is 0 Å². The Kier molecular flexibility index (Phi) is 4.65. The smallest absolute Gasteiger partial charge is 0.274 e. The van der Waals surface area contributed by atoms with E-state index in [4.69, 9.17) is 4.98 Å². The third-order valence-electron chi connectivity index (χ3n) is 4.99. The average molecular weight is 349 g/mol. The van der Waals surface area contributed by atoms with Gasteiger partial charge in [-0.25, -0.2) is 9.97 Å². The lowest BCUT2D eigenvalue weighted by Crippen LogP contribution is -2.40. The molecule has 1 aliphatic heterocycles. The largest absolute Gasteiger partial charge is 0.337 e. The van der Waals surface area contributed by atoms with Crippen LogP contribution in [0, 0.1) is 0 Å². The standard InChI is InChI=1S/C20H23N5O/c1-2-11-25-18-8-4-3-7-16(18)23-19(25)15-6-5-12-24(14-15)20(26)17-13-21-9-10-22-17/h3-4,7-10,13,15H,2,5-6,11-12,14H2,1H3. The second-order valence-electron chi connectivity index (χ2n) is 6.79. The van der Waals surface area contributed by atoms with Crippen LogP contribution < -0.4 is 0 Å². The lowest BCUT2D eigenvalue weighted by atomic mass is 9.96. The maximum absolute atomic E-state index is 12.8. The van der Waals surface area contributed by atoms with Gasteiger partial charge in [0.25, 0.3) is 5.91 Å². The van der Waals surface area contributed by atoms with Gasteiger partial charge in [0.1, 0.15) is 11.5 Å². The van der Waals surface area contributed by atoms with Crippen LogP contribution in [-0.2, 0) is 6.54 Å². The SMILES string of the molecule is CCCn1c(C2CCCN(C(=O)c3cnccn3)C2)nc2ccccc21. The van der Waals surface area contributed by atoms with E-state index in [1.807, 2.05) is 11.0 Å². The van der Waals surface area contributed by atoms with Gasteiger partial charge in [-0.1, -0.05) is 19.1 Å². The van der Waals surface area contributed by atoms with E-state index in [2.05, 4.69) is 39.7 Å². The Balaban J connectivity index is 1.63. The molecule has 3 aromatic rings. The number of aromatic nitrogens is 4. The zero-order valence-corrected chi connectivity index (χ0v) is 15.0. The molecule has 0 radical (unpaired) electrons. The van der Waals surface area contributed by atoms with E-state index in [0.717, 1.165) is 43.7 Å². The summed E-state index contributed by atoms with van der Waals surface area (Å²) in [6.07, 6.45) is 7.78. The molecule has 3 heterocycles. The summed E-state index contributed by atoms with van der Waals surface area (Å²) in [5, 5.41) is 0. The highest BCUT2D eigenvalue weighted by atomic mass is 16.2. The molecule has 0 bridgehead atoms. The number of benzene rings is 1. The molecule has 1 amide bonds. The number of imidazole rings is 1. The van der Waals surface area contributed by atoms with Gasteiger partial charge in [0, 0.05) is 37.9 Å². The summed E-state index contributed by atoms with van der Waals surface area (Å²) in [6.45, 7) is 4.58. The first-order chi connectivity index (χ1) is 12.8. The third-order valence-corrected chi connectivity index (χ3v) is 4.99. The van der Waals surface area contributed by atoms with Crippen LogP contribution in [0.1, 0.15) is 48.4 Å². The molecule has 26 heavy (non-hydrogen) atoms. The van der Waals surface area contributed by atoms with Crippen LogP contribution in [-0.4, -0.2) is 43.4 Å². The summed E-state index contributed by atoms with van der Waals surface area (Å²) in [5.74, 6) is 1.31. The lowest BCUT2D eigenvalue weighted by molar-refractivity contribution is 0.0697. The highest BCUT2D eigenvalue weighted by Crippen LogP contribution is 2.30. The first-order valence-corrected chi connectivity index (χ1v) is 9.28. The summed E-state index contributed by atoms with van der Waals surface area (Å²) >= 11 is 0. The maximum atomic E-state index is 12.8. The number of para-hydroxylation sites is 2. The minimum atomic E-state index is -0.0408. The number of hydrogen-bond donors (Lipinski definition) is 0. The number of piperidine rings is 1. The van der Waals surface area contributed by atoms with E-state index >= 15 is 0 Å². The fraction of sp³-hybridized carbons (Fsp3) is 0.400. The number of nitrogens with zero attached hydrogens (tertiary/aromatic N) is 5. The summed E-state index contributed by atoms with van der Waals surface area (Å²) in [7, 11) is 0. The number of carbonyl (C=O) groups is 1. The van der Waals surface area contributed by atoms with Gasteiger partial charge in [-0.2, -0.15) is 0 Å². The minimum Gasteiger partial charge on any atom is -0.337 e. The first-order valence-electron chi connectivity index (χ1n) is 9.28. The summed E-state index contributed by atoms with van der Waals surface area (Å²) in [6, 6.07) is 8.29. The van der Waals surface area contributed by atoms with E-state index < -0.39 is 0 Å². The third kappa shape index (κ3) is 3.07. The zero-order chi connectivity index (χ0) is 17.9. The lowest BCUT2D eigenvalue weighted by Gasteiger charge is -2.32. The molecule has 134 valence electrons. The van der Waals surface area contributed by atoms with Gasteiger partial charge in [-0.05, 0) is 31.4 Å². The van der Waals surface area contributed by atoms with Gasteiger partial charge in [-0.3, -0.25) is 9.78 Å². The highest BCUT2D eigenvalue weighted by Gasteiger charge is 2.29. The van der Waals surface area contributed by atoms with Crippen molar-refractivity contribution in [2.75, 3.05) is 13.1 Å². The Morgan fingerprint density at radius 1 is 1.27 bits per heavy atom. The van der Waals surface area contributed by atoms with Gasteiger partial charge in [0.2, 0.25) is 0 Å². The number of likely N-dealkylation sites (tertiary alicyclic amines) is 1. The summed E-state index contributed by atoms with van der Waals surface area (Å²) in [5.41, 5.74) is 2.63. The highest BCUT2D eigenvalue weighted by molar-refractivity contribution is 5.92. The molecule has 6 nitrogen and oxygen atoms in total. The molecule has 0 saturated carbocycles. The monoisotopic (exact) mass is 349 g/mol. The topological polar surface area (TPSA) is 63.9 Å². The Bertz CT molecular complexity index is 905. The van der Waals surface area contributed by atoms with Crippen molar-refractivity contribution in [2.45, 2.75) is 38.6 Å². The molecule has 0 N–H and O–H groups in total. The van der Waals surface area contributed by atoms with Crippen molar-refractivity contribution < 1.29 is 4.79 Å². The first kappa shape index (κ1) is 16.7. The molecule has 2 aromatic heterocycles. The number of hydrogen-bond acceptors (Lipinski definition) is 4. The summed E-state index contributed by atoms with van der Waals surface area (Å²) in [4.78, 5) is 27.7. The van der Waals surface area contributed by atoms with Crippen molar-refractivity contribution in [3.63, 3.8) is 0 Å². The van der Waals surface area contributed by atoms with E-state index in [-0.39, 0.29) is 11.8 Å². The van der Waals surface area contributed by atoms with Crippen molar-refractivity contribution in [3.8, 4) is 0 Å². The van der Waals surface area contributed by atoms with Crippen LogP contribution in [0.3, 0.4) is 0 Å². The van der Waals surface area contributed by atoms with Crippen LogP contribution in [0.2, 0.25) is 0 Å². The van der Waals surface area contributed by atoms with Crippen molar-refractivity contribution >= 4 is 16.9 Å². The van der Waals surface area contributed by atoms with E-state index in [0.29, 0.717) is 12.2 Å². The Labute approximate surface area is 152 Å². The normalized spacial score (nSPS) is 17.6. The molecule has 6 heteroatoms. The number of rotatable bonds is 4. The molecule has 4 rings (SSSR count). The molecule has 0 spiro atoms. The fourth-order valence-corrected chi connectivity index (χ4v) is 3.81. The van der Waals surface area contributed by atoms with Gasteiger partial charge in [-0.15, -0.1) is 0 Å². The molecule has 1 fully saturated rings. The summed E-state index contributed by atoms with van der Waals surface area (Å²) < 4.78 is 2.33. The van der Waals surface area contributed by atoms with E-state index in [1.165, 1.54) is 11.7 Å². The zero-order valence-electron chi connectivity index (χ0n) is 15.0. The van der Waals surface area contributed by atoms with Gasteiger partial charge >= 0.3 is 0 Å². The molecule has 1 atom stereocenters. The second-order valence-corrected chi connectivity index (χ2v) is 6.79. The molecular weight excluding hydrogens is 326 g/mol. The van der Waals surface area contributed by atoms with Gasteiger partial charge in [0.15, 0.2) is 0 Å². The van der Waals surface area contributed by atoms with Crippen molar-refractivity contribution in [3.05, 3.63) is 54.4 Å². The fourth-order valence-electron chi connectivity index (χ4n) is 3.81. The maximum Gasteiger partial charge on any atom is 0.274 e. The quantitative estimate of drug-likeness (QED) is 0.725. The minimum absolute atomic E-state index is 0.0408. The van der Waals surface area contributed by atoms with Crippen LogP contribution in [0.25, 0.3) is 11.0 Å². The predicted octanol–water partition coefficient (Wildman–Crippen LogP) is 3.26. The van der Waals surface area contributed by atoms with Crippen molar-refractivity contribution in [2.24, 2.45) is 0 Å². The van der Waals surface area contributed by atoms with Crippen LogP contribution >= 0.6 is 0 Å². The Morgan fingerprint density at radius 3 is 2.96 bits per heavy atom. The van der Waals surface area contributed by atoms with E-state index in [9.17, 15) is 4.79 Å². The van der Waals surface area contributed by atoms with E-state index in [1.54, 1.807) is 12.4 Å². The second kappa shape index (κ2) is 7.23. The van der Waals surface area contributed by atoms with Crippen molar-refractivity contribution in [1.82, 2.24) is 24.4 Å². The molecule has 1 unspecified atom stereocenters. The molecule has 0 aliphatic carbocycles. The van der Waals surface area contributed by atoms with Crippen LogP contribution in [0.15, 0.2) is 42.9 Å². The molecular formula is C20H23N5O. The van der Waals surface area contributed by atoms with Crippen molar-refractivity contribution in [1.29, 1.82) is 0 Å². The number of fused-ring (bicyclic) bond motifs is 1. The van der Waals surface area contributed by atoms with Crippen LogP contribution in [0.4, 0.5) is 0 Å². The Morgan fingerprint density at radius 2 is 2.15 bits per heavy atom. The number of carbonyl (C=O) groups excluding carboxylic acids is 1. The molecule has 1 aromatic carbocycles. The average Bonchev–Trinajstić information content (AvgIpc) is 3.07. The predicted molar refractivity (Wildman–Crippen MR) is 99.9 cm³/mol. The number of amides is 1. The molecule has 1 saturated heterocycles. The Hall–Kier alpha value is -2.76. The molecule has 1 aliphatic rings. The van der Waals surface area contributed by atoms with Gasteiger partial charge in [0.05, 0.1) is 17.2 Å².